The molecule has 0 amide bonds. The number of hydrogen-bond acceptors (Lipinski definition) is 5. The van der Waals surface area contributed by atoms with E-state index in [9.17, 15) is 4.79 Å². The Kier molecular flexibility index (Phi) is 5.11. The van der Waals surface area contributed by atoms with Crippen LogP contribution in [-0.4, -0.2) is 42.7 Å². The van der Waals surface area contributed by atoms with E-state index in [4.69, 9.17) is 4.98 Å². The van der Waals surface area contributed by atoms with Gasteiger partial charge in [0, 0.05) is 56.1 Å². The fourth-order valence-corrected chi connectivity index (χ4v) is 3.53. The topological polar surface area (TPSA) is 79.7 Å². The second-order valence-electron chi connectivity index (χ2n) is 6.94. The van der Waals surface area contributed by atoms with Crippen LogP contribution in [0.2, 0.25) is 0 Å². The highest BCUT2D eigenvalue weighted by atomic mass is 16.1. The number of fused-ring (bicyclic) bond motifs is 1. The van der Waals surface area contributed by atoms with Gasteiger partial charge in [-0.2, -0.15) is 5.10 Å². The van der Waals surface area contributed by atoms with E-state index in [1.54, 1.807) is 6.20 Å². The lowest BCUT2D eigenvalue weighted by molar-refractivity contribution is 0.278. The maximum atomic E-state index is 12.6. The molecule has 1 N–H and O–H groups in total. The first-order valence-corrected chi connectivity index (χ1v) is 9.50. The average molecular weight is 364 g/mol. The van der Waals surface area contributed by atoms with Gasteiger partial charge in [-0.25, -0.2) is 4.98 Å². The van der Waals surface area contributed by atoms with Gasteiger partial charge >= 0.3 is 0 Å². The summed E-state index contributed by atoms with van der Waals surface area (Å²) in [5.41, 5.74) is 3.56. The third-order valence-electron chi connectivity index (χ3n) is 4.90. The number of nitrogens with one attached hydrogen (secondary N) is 1. The predicted molar refractivity (Wildman–Crippen MR) is 103 cm³/mol. The molecule has 4 heterocycles. The SMILES string of the molecule is CCCn1cc(CN2CCc3nc(-c4ccccn4)[nH]c(=O)c3CC2)cn1. The van der Waals surface area contributed by atoms with Crippen LogP contribution in [0.15, 0.2) is 41.6 Å². The minimum absolute atomic E-state index is 0.0433. The molecule has 0 atom stereocenters. The Hall–Kier alpha value is -2.80. The van der Waals surface area contributed by atoms with Crippen LogP contribution < -0.4 is 5.56 Å². The van der Waals surface area contributed by atoms with Crippen LogP contribution in [0.1, 0.15) is 30.2 Å². The number of rotatable bonds is 5. The molecule has 0 spiro atoms. The normalized spacial score (nSPS) is 14.7. The second-order valence-corrected chi connectivity index (χ2v) is 6.94. The summed E-state index contributed by atoms with van der Waals surface area (Å²) >= 11 is 0. The number of aryl methyl sites for hydroxylation is 1. The van der Waals surface area contributed by atoms with Gasteiger partial charge in [0.2, 0.25) is 0 Å². The van der Waals surface area contributed by atoms with Crippen LogP contribution in [0, 0.1) is 0 Å². The lowest BCUT2D eigenvalue weighted by Gasteiger charge is -2.18. The van der Waals surface area contributed by atoms with Gasteiger partial charge in [-0.15, -0.1) is 0 Å². The predicted octanol–water partition coefficient (Wildman–Crippen LogP) is 2.04. The fraction of sp³-hybridized carbons (Fsp3) is 0.400. The highest BCUT2D eigenvalue weighted by Crippen LogP contribution is 2.16. The van der Waals surface area contributed by atoms with Crippen molar-refractivity contribution in [1.29, 1.82) is 0 Å². The molecule has 3 aromatic rings. The number of hydrogen-bond donors (Lipinski definition) is 1. The molecule has 27 heavy (non-hydrogen) atoms. The van der Waals surface area contributed by atoms with E-state index in [2.05, 4.69) is 33.1 Å². The summed E-state index contributed by atoms with van der Waals surface area (Å²) in [6.07, 6.45) is 8.32. The van der Waals surface area contributed by atoms with Gasteiger partial charge in [-0.3, -0.25) is 19.4 Å². The maximum absolute atomic E-state index is 12.6. The van der Waals surface area contributed by atoms with Crippen LogP contribution in [0.3, 0.4) is 0 Å². The summed E-state index contributed by atoms with van der Waals surface area (Å²) in [6.45, 7) is 5.67. The quantitative estimate of drug-likeness (QED) is 0.749. The monoisotopic (exact) mass is 364 g/mol. The molecule has 140 valence electrons. The van der Waals surface area contributed by atoms with Crippen LogP contribution in [0.25, 0.3) is 11.5 Å². The molecule has 4 rings (SSSR count). The van der Waals surface area contributed by atoms with Gasteiger partial charge in [-0.1, -0.05) is 13.0 Å². The van der Waals surface area contributed by atoms with Gasteiger partial charge < -0.3 is 4.98 Å². The standard InChI is InChI=1S/C20H24N6O/c1-2-9-26-14-15(12-22-26)13-25-10-6-16-17(7-11-25)23-19(24-20(16)27)18-5-3-4-8-21-18/h3-5,8,12,14H,2,6-7,9-11,13H2,1H3,(H,23,24,27). The number of H-pyrrole nitrogens is 1. The third kappa shape index (κ3) is 3.98. The van der Waals surface area contributed by atoms with E-state index in [1.165, 1.54) is 5.56 Å². The maximum Gasteiger partial charge on any atom is 0.254 e. The summed E-state index contributed by atoms with van der Waals surface area (Å²) in [5.74, 6) is 0.550. The number of aromatic amines is 1. The van der Waals surface area contributed by atoms with E-state index in [0.717, 1.165) is 50.3 Å². The molecule has 0 saturated carbocycles. The van der Waals surface area contributed by atoms with E-state index < -0.39 is 0 Å². The molecule has 0 fully saturated rings. The van der Waals surface area contributed by atoms with Crippen LogP contribution in [0.5, 0.6) is 0 Å². The number of nitrogens with zero attached hydrogens (tertiary/aromatic N) is 5. The molecule has 0 radical (unpaired) electrons. The summed E-state index contributed by atoms with van der Waals surface area (Å²) in [4.78, 5) is 26.9. The van der Waals surface area contributed by atoms with Gasteiger partial charge in [0.25, 0.3) is 5.56 Å². The Morgan fingerprint density at radius 2 is 2.11 bits per heavy atom. The molecule has 0 aromatic carbocycles. The second kappa shape index (κ2) is 7.84. The first-order chi connectivity index (χ1) is 13.2. The summed E-state index contributed by atoms with van der Waals surface area (Å²) in [5, 5.41) is 4.41. The Morgan fingerprint density at radius 3 is 2.93 bits per heavy atom. The summed E-state index contributed by atoms with van der Waals surface area (Å²) < 4.78 is 1.99. The molecule has 3 aromatic heterocycles. The Bertz CT molecular complexity index is 962. The minimum atomic E-state index is -0.0433. The highest BCUT2D eigenvalue weighted by molar-refractivity contribution is 5.49. The van der Waals surface area contributed by atoms with Crippen molar-refractivity contribution in [3.8, 4) is 11.5 Å². The van der Waals surface area contributed by atoms with Crippen molar-refractivity contribution in [2.75, 3.05) is 13.1 Å². The molecule has 1 aliphatic rings. The molecule has 7 heteroatoms. The van der Waals surface area contributed by atoms with E-state index in [1.807, 2.05) is 29.1 Å². The van der Waals surface area contributed by atoms with Crippen molar-refractivity contribution in [2.45, 2.75) is 39.3 Å². The third-order valence-corrected chi connectivity index (χ3v) is 4.90. The van der Waals surface area contributed by atoms with Crippen molar-refractivity contribution in [2.24, 2.45) is 0 Å². The Morgan fingerprint density at radius 1 is 1.22 bits per heavy atom. The van der Waals surface area contributed by atoms with Crippen molar-refractivity contribution in [3.63, 3.8) is 0 Å². The van der Waals surface area contributed by atoms with Crippen molar-refractivity contribution in [1.82, 2.24) is 29.6 Å². The van der Waals surface area contributed by atoms with Gasteiger partial charge in [0.1, 0.15) is 5.69 Å². The molecule has 0 aliphatic carbocycles. The first-order valence-electron chi connectivity index (χ1n) is 9.50. The molecular formula is C20H24N6O. The average Bonchev–Trinajstić information content (AvgIpc) is 3.01. The van der Waals surface area contributed by atoms with Crippen molar-refractivity contribution >= 4 is 0 Å². The zero-order valence-corrected chi connectivity index (χ0v) is 15.6. The Labute approximate surface area is 158 Å². The molecule has 0 saturated heterocycles. The minimum Gasteiger partial charge on any atom is -0.305 e. The highest BCUT2D eigenvalue weighted by Gasteiger charge is 2.19. The van der Waals surface area contributed by atoms with Crippen LogP contribution in [0.4, 0.5) is 0 Å². The lowest BCUT2D eigenvalue weighted by atomic mass is 10.1. The number of pyridine rings is 1. The lowest BCUT2D eigenvalue weighted by Crippen LogP contribution is -2.26. The molecular weight excluding hydrogens is 340 g/mol. The van der Waals surface area contributed by atoms with Crippen LogP contribution >= 0.6 is 0 Å². The van der Waals surface area contributed by atoms with E-state index in [-0.39, 0.29) is 5.56 Å². The van der Waals surface area contributed by atoms with Gasteiger partial charge in [0.15, 0.2) is 5.82 Å². The van der Waals surface area contributed by atoms with Crippen LogP contribution in [-0.2, 0) is 25.9 Å². The first kappa shape index (κ1) is 17.6. The van der Waals surface area contributed by atoms with Crippen molar-refractivity contribution in [3.05, 3.63) is 64.0 Å². The largest absolute Gasteiger partial charge is 0.305 e. The fourth-order valence-electron chi connectivity index (χ4n) is 3.53. The Balaban J connectivity index is 1.50. The van der Waals surface area contributed by atoms with Gasteiger partial charge in [0.05, 0.1) is 11.9 Å². The zero-order valence-electron chi connectivity index (χ0n) is 15.6. The summed E-state index contributed by atoms with van der Waals surface area (Å²) in [6, 6.07) is 5.61. The molecule has 0 bridgehead atoms. The smallest absolute Gasteiger partial charge is 0.254 e. The zero-order chi connectivity index (χ0) is 18.6. The molecule has 1 aliphatic heterocycles. The molecule has 7 nitrogen and oxygen atoms in total. The van der Waals surface area contributed by atoms with Crippen molar-refractivity contribution < 1.29 is 0 Å². The summed E-state index contributed by atoms with van der Waals surface area (Å²) in [7, 11) is 0. The van der Waals surface area contributed by atoms with Gasteiger partial charge in [-0.05, 0) is 25.0 Å². The molecule has 0 unspecified atom stereocenters. The van der Waals surface area contributed by atoms with E-state index >= 15 is 0 Å². The van der Waals surface area contributed by atoms with E-state index in [0.29, 0.717) is 17.9 Å². The number of aromatic nitrogens is 5.